The minimum Gasteiger partial charge on any atom is -0.394 e. The zero-order chi connectivity index (χ0) is 33.1. The van der Waals surface area contributed by atoms with E-state index in [1.54, 1.807) is 0 Å². The van der Waals surface area contributed by atoms with Crippen LogP contribution in [0.25, 0.3) is 0 Å². The van der Waals surface area contributed by atoms with Gasteiger partial charge >= 0.3 is 0 Å². The fourth-order valence-electron chi connectivity index (χ4n) is 6.49. The normalized spacial score (nSPS) is 13.6. The third-order valence-corrected chi connectivity index (χ3v) is 9.73. The number of amides is 1. The van der Waals surface area contributed by atoms with Crippen LogP contribution >= 0.6 is 0 Å². The van der Waals surface area contributed by atoms with Crippen LogP contribution in [-0.4, -0.2) is 46.1 Å². The molecule has 0 bridgehead atoms. The van der Waals surface area contributed by atoms with E-state index in [2.05, 4.69) is 19.2 Å². The number of nitrogens with one attached hydrogen (secondary N) is 1. The van der Waals surface area contributed by atoms with E-state index in [9.17, 15) is 20.1 Å². The molecular formula is C40H81NO4. The van der Waals surface area contributed by atoms with Gasteiger partial charge in [-0.15, -0.1) is 0 Å². The largest absolute Gasteiger partial charge is 0.394 e. The maximum atomic E-state index is 12.4. The summed E-state index contributed by atoms with van der Waals surface area (Å²) < 4.78 is 0. The summed E-state index contributed by atoms with van der Waals surface area (Å²) >= 11 is 0. The minimum atomic E-state index is -1.07. The van der Waals surface area contributed by atoms with Crippen LogP contribution < -0.4 is 5.32 Å². The fraction of sp³-hybridized carbons (Fsp3) is 0.975. The van der Waals surface area contributed by atoms with Gasteiger partial charge < -0.3 is 20.6 Å². The van der Waals surface area contributed by atoms with Crippen molar-refractivity contribution in [1.29, 1.82) is 0 Å². The Morgan fingerprint density at radius 1 is 0.444 bits per heavy atom. The third-order valence-electron chi connectivity index (χ3n) is 9.73. The molecule has 3 unspecified atom stereocenters. The van der Waals surface area contributed by atoms with Crippen LogP contribution in [-0.2, 0) is 4.79 Å². The minimum absolute atomic E-state index is 0.308. The molecule has 0 spiro atoms. The summed E-state index contributed by atoms with van der Waals surface area (Å²) in [6.45, 7) is 4.23. The molecule has 5 heteroatoms. The Balaban J connectivity index is 3.59. The molecule has 0 aliphatic heterocycles. The molecule has 0 aromatic carbocycles. The van der Waals surface area contributed by atoms with E-state index in [0.717, 1.165) is 32.1 Å². The highest BCUT2D eigenvalue weighted by Gasteiger charge is 2.23. The maximum absolute atomic E-state index is 12.4. The Hall–Kier alpha value is -0.650. The Kier molecular flexibility index (Phi) is 35.7. The van der Waals surface area contributed by atoms with Crippen molar-refractivity contribution in [2.24, 2.45) is 0 Å². The number of hydrogen-bond donors (Lipinski definition) is 4. The van der Waals surface area contributed by atoms with Gasteiger partial charge in [0, 0.05) is 0 Å². The fourth-order valence-corrected chi connectivity index (χ4v) is 6.49. The zero-order valence-electron chi connectivity index (χ0n) is 30.5. The number of carbonyl (C=O) groups excluding carboxylic acids is 1. The number of aliphatic hydroxyl groups excluding tert-OH is 3. The average molecular weight is 640 g/mol. The smallest absolute Gasteiger partial charge is 0.249 e. The van der Waals surface area contributed by atoms with Gasteiger partial charge in [0.1, 0.15) is 6.10 Å². The molecule has 0 heterocycles. The Labute approximate surface area is 281 Å². The lowest BCUT2D eigenvalue weighted by molar-refractivity contribution is -0.131. The lowest BCUT2D eigenvalue weighted by atomic mass is 10.0. The predicted octanol–water partition coefficient (Wildman–Crippen LogP) is 11.1. The van der Waals surface area contributed by atoms with E-state index in [0.29, 0.717) is 12.8 Å². The van der Waals surface area contributed by atoms with Gasteiger partial charge in [-0.05, 0) is 12.8 Å². The van der Waals surface area contributed by atoms with Gasteiger partial charge in [0.25, 0.3) is 0 Å². The second kappa shape index (κ2) is 36.2. The Bertz CT molecular complexity index is 587. The van der Waals surface area contributed by atoms with Gasteiger partial charge in [0.15, 0.2) is 0 Å². The topological polar surface area (TPSA) is 89.8 Å². The van der Waals surface area contributed by atoms with Crippen molar-refractivity contribution in [3.05, 3.63) is 0 Å². The molecule has 0 saturated heterocycles. The van der Waals surface area contributed by atoms with E-state index >= 15 is 0 Å². The van der Waals surface area contributed by atoms with Crippen molar-refractivity contribution in [3.8, 4) is 0 Å². The van der Waals surface area contributed by atoms with E-state index in [1.807, 2.05) is 0 Å². The van der Waals surface area contributed by atoms with Gasteiger partial charge in [-0.1, -0.05) is 213 Å². The number of aliphatic hydroxyl groups is 3. The van der Waals surface area contributed by atoms with Crippen LogP contribution in [0.4, 0.5) is 0 Å². The van der Waals surface area contributed by atoms with E-state index < -0.39 is 24.2 Å². The number of unbranched alkanes of at least 4 members (excludes halogenated alkanes) is 29. The number of rotatable bonds is 37. The summed E-state index contributed by atoms with van der Waals surface area (Å²) in [5.41, 5.74) is 0. The van der Waals surface area contributed by atoms with Crippen molar-refractivity contribution in [2.75, 3.05) is 6.61 Å². The standard InChI is InChI=1S/C40H81NO4/c1-3-5-7-9-11-13-15-17-18-19-20-21-22-23-25-27-29-31-33-35-39(44)40(45)41-37(36-42)38(43)34-32-30-28-26-24-16-14-12-10-8-6-4-2/h37-39,42-44H,3-36H2,1-2H3,(H,41,45). The molecule has 5 nitrogen and oxygen atoms in total. The second-order valence-electron chi connectivity index (χ2n) is 14.2. The first-order chi connectivity index (χ1) is 22.1. The third kappa shape index (κ3) is 31.7. The maximum Gasteiger partial charge on any atom is 0.249 e. The first-order valence-corrected chi connectivity index (χ1v) is 20.3. The van der Waals surface area contributed by atoms with Gasteiger partial charge in [0.05, 0.1) is 18.8 Å². The summed E-state index contributed by atoms with van der Waals surface area (Å²) in [6, 6.07) is -0.704. The summed E-state index contributed by atoms with van der Waals surface area (Å²) in [7, 11) is 0. The highest BCUT2D eigenvalue weighted by atomic mass is 16.3. The van der Waals surface area contributed by atoms with Crippen LogP contribution in [0, 0.1) is 0 Å². The van der Waals surface area contributed by atoms with Crippen LogP contribution in [0.5, 0.6) is 0 Å². The zero-order valence-corrected chi connectivity index (χ0v) is 30.5. The first-order valence-electron chi connectivity index (χ1n) is 20.3. The van der Waals surface area contributed by atoms with Crippen molar-refractivity contribution in [2.45, 2.75) is 244 Å². The highest BCUT2D eigenvalue weighted by molar-refractivity contribution is 5.80. The number of carbonyl (C=O) groups is 1. The van der Waals surface area contributed by atoms with Gasteiger partial charge in [0.2, 0.25) is 5.91 Å². The van der Waals surface area contributed by atoms with Gasteiger partial charge in [-0.3, -0.25) is 4.79 Å². The lowest BCUT2D eigenvalue weighted by Crippen LogP contribution is -2.49. The van der Waals surface area contributed by atoms with Crippen LogP contribution in [0.1, 0.15) is 226 Å². The summed E-state index contributed by atoms with van der Waals surface area (Å²) in [6.07, 6.45) is 39.5. The van der Waals surface area contributed by atoms with Crippen molar-refractivity contribution in [3.63, 3.8) is 0 Å². The molecule has 0 radical (unpaired) electrons. The first kappa shape index (κ1) is 44.4. The molecule has 0 fully saturated rings. The van der Waals surface area contributed by atoms with E-state index in [4.69, 9.17) is 0 Å². The molecule has 0 aromatic rings. The molecule has 0 aliphatic rings. The molecule has 0 saturated carbocycles. The molecule has 4 N–H and O–H groups in total. The molecule has 3 atom stereocenters. The van der Waals surface area contributed by atoms with Gasteiger partial charge in [-0.2, -0.15) is 0 Å². The van der Waals surface area contributed by atoms with E-state index in [-0.39, 0.29) is 6.61 Å². The molecule has 1 amide bonds. The highest BCUT2D eigenvalue weighted by Crippen LogP contribution is 2.16. The molecule has 0 aliphatic carbocycles. The van der Waals surface area contributed by atoms with Gasteiger partial charge in [-0.25, -0.2) is 0 Å². The molecule has 0 rings (SSSR count). The average Bonchev–Trinajstić information content (AvgIpc) is 3.04. The SMILES string of the molecule is CCCCCCCCCCCCCCCCCCCCCC(O)C(=O)NC(CO)C(O)CCCCCCCCCCCCCC. The van der Waals surface area contributed by atoms with Crippen molar-refractivity contribution in [1.82, 2.24) is 5.32 Å². The van der Waals surface area contributed by atoms with E-state index in [1.165, 1.54) is 167 Å². The van der Waals surface area contributed by atoms with Crippen LogP contribution in [0.3, 0.4) is 0 Å². The molecular weight excluding hydrogens is 558 g/mol. The summed E-state index contributed by atoms with van der Waals surface area (Å²) in [5, 5.41) is 33.2. The monoisotopic (exact) mass is 640 g/mol. The van der Waals surface area contributed by atoms with Crippen molar-refractivity contribution < 1.29 is 20.1 Å². The Morgan fingerprint density at radius 2 is 0.711 bits per heavy atom. The molecule has 0 aromatic heterocycles. The summed E-state index contributed by atoms with van der Waals surface area (Å²) in [4.78, 5) is 12.4. The van der Waals surface area contributed by atoms with Crippen LogP contribution in [0.2, 0.25) is 0 Å². The second-order valence-corrected chi connectivity index (χ2v) is 14.2. The number of hydrogen-bond acceptors (Lipinski definition) is 4. The van der Waals surface area contributed by atoms with Crippen LogP contribution in [0.15, 0.2) is 0 Å². The summed E-state index contributed by atoms with van der Waals surface area (Å²) in [5.74, 6) is -0.467. The molecule has 270 valence electrons. The molecule has 45 heavy (non-hydrogen) atoms. The lowest BCUT2D eigenvalue weighted by Gasteiger charge is -2.23. The predicted molar refractivity (Wildman–Crippen MR) is 195 cm³/mol. The van der Waals surface area contributed by atoms with Crippen molar-refractivity contribution >= 4 is 5.91 Å². The Morgan fingerprint density at radius 3 is 1.00 bits per heavy atom. The quantitative estimate of drug-likeness (QED) is 0.0509.